The summed E-state index contributed by atoms with van der Waals surface area (Å²) in [4.78, 5) is 45.9. The fourth-order valence-electron chi connectivity index (χ4n) is 3.59. The highest BCUT2D eigenvalue weighted by Crippen LogP contribution is 2.30. The van der Waals surface area contributed by atoms with Crippen LogP contribution in [0.5, 0.6) is 0 Å². The highest BCUT2D eigenvalue weighted by atomic mass is 32.1. The molecular formula is C22H19N3O3S. The van der Waals surface area contributed by atoms with Crippen LogP contribution in [0.2, 0.25) is 0 Å². The number of carbonyl (C=O) groups excluding carboxylic acids is 2. The maximum absolute atomic E-state index is 12.9. The van der Waals surface area contributed by atoms with Crippen molar-refractivity contribution in [3.63, 3.8) is 0 Å². The van der Waals surface area contributed by atoms with Crippen LogP contribution in [0, 0.1) is 13.8 Å². The molecule has 0 radical (unpaired) electrons. The molecule has 3 aromatic heterocycles. The van der Waals surface area contributed by atoms with Crippen LogP contribution in [-0.2, 0) is 6.54 Å². The van der Waals surface area contributed by atoms with E-state index in [1.165, 1.54) is 29.2 Å². The quantitative estimate of drug-likeness (QED) is 0.505. The van der Waals surface area contributed by atoms with Gasteiger partial charge in [0.25, 0.3) is 5.56 Å². The van der Waals surface area contributed by atoms with Gasteiger partial charge in [0.15, 0.2) is 11.6 Å². The van der Waals surface area contributed by atoms with Crippen molar-refractivity contribution >= 4 is 33.1 Å². The third-order valence-corrected chi connectivity index (χ3v) is 6.11. The first-order valence-corrected chi connectivity index (χ1v) is 9.96. The Kier molecular flexibility index (Phi) is 4.76. The molecule has 6 nitrogen and oxygen atoms in total. The third-order valence-electron chi connectivity index (χ3n) is 4.94. The second kappa shape index (κ2) is 7.25. The number of carbonyl (C=O) groups is 2. The van der Waals surface area contributed by atoms with Gasteiger partial charge in [-0.05, 0) is 38.0 Å². The van der Waals surface area contributed by atoms with E-state index in [-0.39, 0.29) is 23.7 Å². The summed E-state index contributed by atoms with van der Waals surface area (Å²) in [7, 11) is 0. The van der Waals surface area contributed by atoms with E-state index in [1.54, 1.807) is 13.8 Å². The summed E-state index contributed by atoms with van der Waals surface area (Å²) >= 11 is 1.37. The zero-order chi connectivity index (χ0) is 20.7. The fourth-order valence-corrected chi connectivity index (χ4v) is 4.66. The summed E-state index contributed by atoms with van der Waals surface area (Å²) in [6, 6.07) is 11.7. The van der Waals surface area contributed by atoms with Crippen LogP contribution in [0.1, 0.15) is 39.0 Å². The number of rotatable bonds is 5. The van der Waals surface area contributed by atoms with Gasteiger partial charge in [0.05, 0.1) is 24.1 Å². The number of aromatic nitrogens is 3. The number of fused-ring (bicyclic) bond motifs is 1. The Morgan fingerprint density at radius 3 is 2.55 bits per heavy atom. The molecule has 0 bridgehead atoms. The molecule has 7 heteroatoms. The van der Waals surface area contributed by atoms with E-state index in [4.69, 9.17) is 0 Å². The maximum atomic E-state index is 12.9. The molecule has 0 saturated carbocycles. The van der Waals surface area contributed by atoms with Crippen LogP contribution in [0.15, 0.2) is 47.5 Å². The van der Waals surface area contributed by atoms with E-state index < -0.39 is 0 Å². The third kappa shape index (κ3) is 3.34. The van der Waals surface area contributed by atoms with Crippen LogP contribution >= 0.6 is 11.3 Å². The van der Waals surface area contributed by atoms with E-state index in [1.807, 2.05) is 36.4 Å². The van der Waals surface area contributed by atoms with E-state index in [0.29, 0.717) is 32.7 Å². The second-order valence-corrected chi connectivity index (χ2v) is 8.03. The first-order valence-electron chi connectivity index (χ1n) is 9.14. The van der Waals surface area contributed by atoms with Gasteiger partial charge >= 0.3 is 0 Å². The summed E-state index contributed by atoms with van der Waals surface area (Å²) < 4.78 is 1.84. The number of hydrogen-bond acceptors (Lipinski definition) is 5. The standard InChI is InChI=1S/C22H19N3O3S/c1-12-19(14(3)26)13(2)24-20(12)17(27)10-25-11-23-16-9-18(29-21(16)22(25)28)15-7-5-4-6-8-15/h4-9,11,24H,10H2,1-3H3. The van der Waals surface area contributed by atoms with Gasteiger partial charge in [-0.25, -0.2) is 4.98 Å². The summed E-state index contributed by atoms with van der Waals surface area (Å²) in [5.74, 6) is -0.358. The van der Waals surface area contributed by atoms with Crippen molar-refractivity contribution in [1.29, 1.82) is 0 Å². The number of Topliss-reactive ketones (excluding diaryl/α,β-unsaturated/α-hetero) is 2. The van der Waals surface area contributed by atoms with Crippen molar-refractivity contribution in [1.82, 2.24) is 14.5 Å². The lowest BCUT2D eigenvalue weighted by atomic mass is 10.1. The van der Waals surface area contributed by atoms with E-state index in [0.717, 1.165) is 10.4 Å². The molecule has 4 aromatic rings. The van der Waals surface area contributed by atoms with Gasteiger partial charge in [-0.15, -0.1) is 11.3 Å². The number of benzene rings is 1. The summed E-state index contributed by atoms with van der Waals surface area (Å²) in [5, 5.41) is 0. The van der Waals surface area contributed by atoms with Crippen molar-refractivity contribution in [2.75, 3.05) is 0 Å². The zero-order valence-corrected chi connectivity index (χ0v) is 17.1. The molecule has 0 amide bonds. The van der Waals surface area contributed by atoms with Crippen LogP contribution < -0.4 is 5.56 Å². The van der Waals surface area contributed by atoms with Gasteiger partial charge in [-0.2, -0.15) is 0 Å². The molecule has 0 spiro atoms. The maximum Gasteiger partial charge on any atom is 0.271 e. The first-order chi connectivity index (χ1) is 13.9. The molecule has 0 aliphatic heterocycles. The van der Waals surface area contributed by atoms with Gasteiger partial charge in [0.1, 0.15) is 4.70 Å². The van der Waals surface area contributed by atoms with Crippen molar-refractivity contribution in [2.24, 2.45) is 0 Å². The molecule has 146 valence electrons. The largest absolute Gasteiger partial charge is 0.355 e. The lowest BCUT2D eigenvalue weighted by Gasteiger charge is -2.04. The molecule has 1 N–H and O–H groups in total. The van der Waals surface area contributed by atoms with Crippen LogP contribution in [0.4, 0.5) is 0 Å². The van der Waals surface area contributed by atoms with E-state index >= 15 is 0 Å². The molecule has 4 rings (SSSR count). The highest BCUT2D eigenvalue weighted by molar-refractivity contribution is 7.22. The van der Waals surface area contributed by atoms with Gasteiger partial charge in [-0.1, -0.05) is 30.3 Å². The lowest BCUT2D eigenvalue weighted by molar-refractivity contribution is 0.0965. The minimum Gasteiger partial charge on any atom is -0.355 e. The number of nitrogens with one attached hydrogen (secondary N) is 1. The number of H-pyrrole nitrogens is 1. The smallest absolute Gasteiger partial charge is 0.271 e. The van der Waals surface area contributed by atoms with Crippen LogP contribution in [-0.4, -0.2) is 26.1 Å². The molecule has 0 aliphatic rings. The van der Waals surface area contributed by atoms with E-state index in [9.17, 15) is 14.4 Å². The number of aryl methyl sites for hydroxylation is 1. The predicted octanol–water partition coefficient (Wildman–Crippen LogP) is 4.16. The molecule has 0 fully saturated rings. The fraction of sp³-hybridized carbons (Fsp3) is 0.182. The summed E-state index contributed by atoms with van der Waals surface area (Å²) in [6.45, 7) is 4.83. The lowest BCUT2D eigenvalue weighted by Crippen LogP contribution is -2.24. The number of nitrogens with zero attached hydrogens (tertiary/aromatic N) is 2. The zero-order valence-electron chi connectivity index (χ0n) is 16.3. The van der Waals surface area contributed by atoms with Gasteiger partial charge < -0.3 is 4.98 Å². The minimum absolute atomic E-state index is 0.0948. The van der Waals surface area contributed by atoms with Gasteiger partial charge in [0.2, 0.25) is 0 Å². The van der Waals surface area contributed by atoms with E-state index in [2.05, 4.69) is 9.97 Å². The topological polar surface area (TPSA) is 84.8 Å². The van der Waals surface area contributed by atoms with Crippen LogP contribution in [0.25, 0.3) is 20.7 Å². The van der Waals surface area contributed by atoms with Crippen LogP contribution in [0.3, 0.4) is 0 Å². The van der Waals surface area contributed by atoms with Crippen molar-refractivity contribution in [3.8, 4) is 10.4 Å². The van der Waals surface area contributed by atoms with Crippen molar-refractivity contribution in [2.45, 2.75) is 27.3 Å². The monoisotopic (exact) mass is 405 g/mol. The molecule has 29 heavy (non-hydrogen) atoms. The molecular weight excluding hydrogens is 386 g/mol. The Bertz CT molecular complexity index is 1310. The number of hydrogen-bond donors (Lipinski definition) is 1. The number of aromatic amines is 1. The van der Waals surface area contributed by atoms with Gasteiger partial charge in [-0.3, -0.25) is 19.0 Å². The highest BCUT2D eigenvalue weighted by Gasteiger charge is 2.21. The average molecular weight is 405 g/mol. The Balaban J connectivity index is 1.69. The second-order valence-electron chi connectivity index (χ2n) is 6.97. The van der Waals surface area contributed by atoms with Gasteiger partial charge in [0, 0.05) is 16.1 Å². The summed E-state index contributed by atoms with van der Waals surface area (Å²) in [5.41, 5.74) is 3.55. The molecule has 0 saturated heterocycles. The molecule has 0 atom stereocenters. The normalized spacial score (nSPS) is 11.1. The Labute approximate surface area is 170 Å². The number of thiophene rings is 1. The Morgan fingerprint density at radius 1 is 1.17 bits per heavy atom. The Morgan fingerprint density at radius 2 is 1.90 bits per heavy atom. The first kappa shape index (κ1) is 19.0. The minimum atomic E-state index is -0.263. The SMILES string of the molecule is CC(=O)c1c(C)[nH]c(C(=O)Cn2cnc3cc(-c4ccccc4)sc3c2=O)c1C. The van der Waals surface area contributed by atoms with Crippen molar-refractivity contribution in [3.05, 3.63) is 75.6 Å². The molecule has 0 unspecified atom stereocenters. The average Bonchev–Trinajstić information content (AvgIpc) is 3.26. The summed E-state index contributed by atoms with van der Waals surface area (Å²) in [6.07, 6.45) is 1.40. The molecule has 1 aromatic carbocycles. The Hall–Kier alpha value is -3.32. The molecule has 3 heterocycles. The molecule has 0 aliphatic carbocycles. The predicted molar refractivity (Wildman–Crippen MR) is 114 cm³/mol. The number of ketones is 2. The van der Waals surface area contributed by atoms with Crippen molar-refractivity contribution < 1.29 is 9.59 Å².